The van der Waals surface area contributed by atoms with Crippen LogP contribution in [0.4, 0.5) is 5.69 Å². The molecule has 144 valence electrons. The van der Waals surface area contributed by atoms with Gasteiger partial charge in [0.05, 0.1) is 4.88 Å². The van der Waals surface area contributed by atoms with E-state index in [0.29, 0.717) is 28.5 Å². The minimum Gasteiger partial charge on any atom is -0.347 e. The SMILES string of the molecule is O=C(Nc1cccc(-c2ncon2)c1)c1ccc(CNC(=O)c2cccs2)cc1. The van der Waals surface area contributed by atoms with Crippen LogP contribution in [0.1, 0.15) is 25.6 Å². The zero-order chi connectivity index (χ0) is 20.1. The number of nitrogens with zero attached hydrogens (tertiary/aromatic N) is 2. The Hall–Kier alpha value is -3.78. The quantitative estimate of drug-likeness (QED) is 0.507. The number of amides is 2. The molecule has 7 nitrogen and oxygen atoms in total. The van der Waals surface area contributed by atoms with Gasteiger partial charge in [-0.15, -0.1) is 11.3 Å². The second-order valence-electron chi connectivity index (χ2n) is 6.15. The molecule has 8 heteroatoms. The summed E-state index contributed by atoms with van der Waals surface area (Å²) in [6.45, 7) is 0.394. The highest BCUT2D eigenvalue weighted by Crippen LogP contribution is 2.19. The van der Waals surface area contributed by atoms with Gasteiger partial charge in [-0.1, -0.05) is 35.5 Å². The molecule has 0 bridgehead atoms. The van der Waals surface area contributed by atoms with E-state index < -0.39 is 0 Å². The summed E-state index contributed by atoms with van der Waals surface area (Å²) >= 11 is 1.40. The van der Waals surface area contributed by atoms with E-state index in [1.165, 1.54) is 17.7 Å². The average Bonchev–Trinajstić information content (AvgIpc) is 3.47. The van der Waals surface area contributed by atoms with Crippen LogP contribution in [0.3, 0.4) is 0 Å². The Morgan fingerprint density at radius 3 is 2.59 bits per heavy atom. The fourth-order valence-corrected chi connectivity index (χ4v) is 3.33. The van der Waals surface area contributed by atoms with Gasteiger partial charge >= 0.3 is 0 Å². The van der Waals surface area contributed by atoms with E-state index in [9.17, 15) is 9.59 Å². The lowest BCUT2D eigenvalue weighted by molar-refractivity contribution is 0.0953. The molecular weight excluding hydrogens is 388 g/mol. The van der Waals surface area contributed by atoms with Gasteiger partial charge in [-0.2, -0.15) is 4.98 Å². The average molecular weight is 404 g/mol. The van der Waals surface area contributed by atoms with E-state index >= 15 is 0 Å². The Balaban J connectivity index is 1.37. The number of aromatic nitrogens is 2. The molecule has 4 rings (SSSR count). The molecule has 0 saturated carbocycles. The maximum absolute atomic E-state index is 12.5. The fraction of sp³-hybridized carbons (Fsp3) is 0.0476. The smallest absolute Gasteiger partial charge is 0.261 e. The van der Waals surface area contributed by atoms with Crippen LogP contribution in [0.15, 0.2) is 77.0 Å². The Morgan fingerprint density at radius 1 is 1.00 bits per heavy atom. The van der Waals surface area contributed by atoms with Gasteiger partial charge in [-0.25, -0.2) is 0 Å². The van der Waals surface area contributed by atoms with Gasteiger partial charge in [-0.3, -0.25) is 9.59 Å². The molecule has 2 N–H and O–H groups in total. The third-order valence-electron chi connectivity index (χ3n) is 4.15. The Kier molecular flexibility index (Phi) is 5.44. The third kappa shape index (κ3) is 4.56. The third-order valence-corrected chi connectivity index (χ3v) is 5.02. The van der Waals surface area contributed by atoms with Crippen LogP contribution in [0.5, 0.6) is 0 Å². The maximum Gasteiger partial charge on any atom is 0.261 e. The van der Waals surface area contributed by atoms with Crippen molar-refractivity contribution >= 4 is 28.8 Å². The number of carbonyl (C=O) groups excluding carboxylic acids is 2. The molecule has 0 spiro atoms. The first kappa shape index (κ1) is 18.6. The van der Waals surface area contributed by atoms with Crippen molar-refractivity contribution in [3.8, 4) is 11.4 Å². The summed E-state index contributed by atoms with van der Waals surface area (Å²) in [5.41, 5.74) is 2.80. The van der Waals surface area contributed by atoms with Gasteiger partial charge in [-0.05, 0) is 41.3 Å². The van der Waals surface area contributed by atoms with Gasteiger partial charge < -0.3 is 15.2 Å². The molecule has 0 aliphatic heterocycles. The number of anilines is 1. The summed E-state index contributed by atoms with van der Waals surface area (Å²) in [6, 6.07) is 17.9. The number of carbonyl (C=O) groups is 2. The second-order valence-corrected chi connectivity index (χ2v) is 7.09. The molecule has 0 atom stereocenters. The van der Waals surface area contributed by atoms with Gasteiger partial charge in [0.25, 0.3) is 11.8 Å². The monoisotopic (exact) mass is 404 g/mol. The standard InChI is InChI=1S/C21H16N4O3S/c26-20(24-17-4-1-3-16(11-17)19-23-13-28-25-19)15-8-6-14(7-9-15)12-22-21(27)18-5-2-10-29-18/h1-11,13H,12H2,(H,22,27)(H,24,26). The number of nitrogens with one attached hydrogen (secondary N) is 2. The lowest BCUT2D eigenvalue weighted by Crippen LogP contribution is -2.21. The van der Waals surface area contributed by atoms with Crippen LogP contribution in [0.2, 0.25) is 0 Å². The fourth-order valence-electron chi connectivity index (χ4n) is 2.69. The molecule has 0 radical (unpaired) electrons. The first-order valence-corrected chi connectivity index (χ1v) is 9.66. The molecule has 0 fully saturated rings. The highest BCUT2D eigenvalue weighted by molar-refractivity contribution is 7.12. The van der Waals surface area contributed by atoms with Crippen molar-refractivity contribution in [1.82, 2.24) is 15.5 Å². The number of thiophene rings is 1. The van der Waals surface area contributed by atoms with Crippen molar-refractivity contribution in [3.05, 3.63) is 88.4 Å². The van der Waals surface area contributed by atoms with Gasteiger partial charge in [0.2, 0.25) is 12.2 Å². The highest BCUT2D eigenvalue weighted by atomic mass is 32.1. The summed E-state index contributed by atoms with van der Waals surface area (Å²) in [5, 5.41) is 11.4. The first-order valence-electron chi connectivity index (χ1n) is 8.78. The zero-order valence-electron chi connectivity index (χ0n) is 15.2. The van der Waals surface area contributed by atoms with Crippen LogP contribution in [-0.2, 0) is 6.54 Å². The van der Waals surface area contributed by atoms with Gasteiger partial charge in [0.15, 0.2) is 0 Å². The van der Waals surface area contributed by atoms with Crippen molar-refractivity contribution < 1.29 is 14.1 Å². The summed E-state index contributed by atoms with van der Waals surface area (Å²) in [4.78, 5) is 29.2. The van der Waals surface area contributed by atoms with Crippen molar-refractivity contribution in [2.75, 3.05) is 5.32 Å². The lowest BCUT2D eigenvalue weighted by atomic mass is 10.1. The Morgan fingerprint density at radius 2 is 1.86 bits per heavy atom. The number of hydrogen-bond acceptors (Lipinski definition) is 6. The molecule has 2 aromatic heterocycles. The lowest BCUT2D eigenvalue weighted by Gasteiger charge is -2.08. The van der Waals surface area contributed by atoms with E-state index in [-0.39, 0.29) is 11.8 Å². The molecule has 2 amide bonds. The first-order chi connectivity index (χ1) is 14.2. The van der Waals surface area contributed by atoms with E-state index in [1.54, 1.807) is 36.4 Å². The number of rotatable bonds is 6. The number of hydrogen-bond donors (Lipinski definition) is 2. The van der Waals surface area contributed by atoms with Crippen LogP contribution >= 0.6 is 11.3 Å². The topological polar surface area (TPSA) is 97.1 Å². The molecule has 4 aromatic rings. The van der Waals surface area contributed by atoms with Crippen LogP contribution < -0.4 is 10.6 Å². The molecule has 0 saturated heterocycles. The van der Waals surface area contributed by atoms with Crippen LogP contribution in [0.25, 0.3) is 11.4 Å². The summed E-state index contributed by atoms with van der Waals surface area (Å²) < 4.78 is 4.75. The number of benzene rings is 2. The molecular formula is C21H16N4O3S. The van der Waals surface area contributed by atoms with E-state index in [4.69, 9.17) is 4.52 Å². The Bertz CT molecular complexity index is 1110. The largest absolute Gasteiger partial charge is 0.347 e. The molecule has 2 aromatic carbocycles. The highest BCUT2D eigenvalue weighted by Gasteiger charge is 2.10. The minimum absolute atomic E-state index is 0.108. The molecule has 0 aliphatic carbocycles. The van der Waals surface area contributed by atoms with Crippen molar-refractivity contribution in [3.63, 3.8) is 0 Å². The van der Waals surface area contributed by atoms with Crippen LogP contribution in [0, 0.1) is 0 Å². The normalized spacial score (nSPS) is 10.5. The van der Waals surface area contributed by atoms with E-state index in [0.717, 1.165) is 11.1 Å². The van der Waals surface area contributed by atoms with E-state index in [1.807, 2.05) is 29.6 Å². The summed E-state index contributed by atoms with van der Waals surface area (Å²) in [6.07, 6.45) is 1.25. The molecule has 0 unspecified atom stereocenters. The maximum atomic E-state index is 12.5. The van der Waals surface area contributed by atoms with Gasteiger partial charge in [0.1, 0.15) is 0 Å². The van der Waals surface area contributed by atoms with E-state index in [2.05, 4.69) is 20.8 Å². The predicted octanol–water partition coefficient (Wildman–Crippen LogP) is 3.98. The van der Waals surface area contributed by atoms with Crippen molar-refractivity contribution in [2.45, 2.75) is 6.54 Å². The Labute approximate surface area is 170 Å². The van der Waals surface area contributed by atoms with Crippen LogP contribution in [-0.4, -0.2) is 22.0 Å². The second kappa shape index (κ2) is 8.49. The summed E-state index contributed by atoms with van der Waals surface area (Å²) in [7, 11) is 0. The van der Waals surface area contributed by atoms with Crippen molar-refractivity contribution in [2.24, 2.45) is 0 Å². The minimum atomic E-state index is -0.232. The molecule has 2 heterocycles. The van der Waals surface area contributed by atoms with Crippen molar-refractivity contribution in [1.29, 1.82) is 0 Å². The summed E-state index contributed by atoms with van der Waals surface area (Å²) in [5.74, 6) is 0.114. The zero-order valence-corrected chi connectivity index (χ0v) is 16.0. The molecule has 29 heavy (non-hydrogen) atoms. The predicted molar refractivity (Wildman–Crippen MR) is 110 cm³/mol. The van der Waals surface area contributed by atoms with Gasteiger partial charge in [0, 0.05) is 23.4 Å². The molecule has 0 aliphatic rings.